The molecule has 2 N–H and O–H groups in total. The molecule has 3 aromatic rings. The maximum absolute atomic E-state index is 13.4. The molecule has 0 radical (unpaired) electrons. The SMILES string of the molecule is C=S1(=O)N[C@@H](c2ccc(-c3cnn(C)c3)s2)C[C@@H](C(=O)Nc2ccc(F)c(Cl)c2)N1C. The number of thiophene rings is 1. The Labute approximate surface area is 189 Å². The van der Waals surface area contributed by atoms with E-state index < -0.39 is 21.8 Å². The third-order valence-corrected chi connectivity index (χ3v) is 8.51. The summed E-state index contributed by atoms with van der Waals surface area (Å²) in [5, 5.41) is 6.84. The molecule has 1 aliphatic rings. The summed E-state index contributed by atoms with van der Waals surface area (Å²) < 4.78 is 32.8. The van der Waals surface area contributed by atoms with Gasteiger partial charge in [0.25, 0.3) is 0 Å². The number of carbonyl (C=O) groups is 1. The van der Waals surface area contributed by atoms with Crippen LogP contribution in [-0.2, 0) is 21.7 Å². The molecule has 1 saturated heterocycles. The Morgan fingerprint density at radius 1 is 1.39 bits per heavy atom. The molecule has 7 nitrogen and oxygen atoms in total. The monoisotopic (exact) mass is 481 g/mol. The first-order valence-corrected chi connectivity index (χ1v) is 12.2. The Bertz CT molecular complexity index is 1240. The summed E-state index contributed by atoms with van der Waals surface area (Å²) in [5.74, 6) is 2.87. The molecule has 3 atom stereocenters. The number of halogens is 2. The van der Waals surface area contributed by atoms with Crippen LogP contribution in [0.2, 0.25) is 5.02 Å². The van der Waals surface area contributed by atoms with Gasteiger partial charge >= 0.3 is 0 Å². The number of amides is 1. The molecule has 1 unspecified atom stereocenters. The molecule has 31 heavy (non-hydrogen) atoms. The Morgan fingerprint density at radius 3 is 2.84 bits per heavy atom. The molecule has 1 fully saturated rings. The van der Waals surface area contributed by atoms with Gasteiger partial charge in [0.15, 0.2) is 0 Å². The van der Waals surface area contributed by atoms with Gasteiger partial charge < -0.3 is 5.32 Å². The van der Waals surface area contributed by atoms with Crippen molar-refractivity contribution in [3.05, 3.63) is 58.4 Å². The fourth-order valence-electron chi connectivity index (χ4n) is 3.42. The van der Waals surface area contributed by atoms with Gasteiger partial charge in [-0.15, -0.1) is 11.3 Å². The molecular formula is C20H21ClFN5O2S2. The van der Waals surface area contributed by atoms with Crippen molar-refractivity contribution >= 4 is 50.3 Å². The quantitative estimate of drug-likeness (QED) is 0.560. The van der Waals surface area contributed by atoms with Crippen LogP contribution in [-0.4, -0.2) is 43.2 Å². The predicted octanol–water partition coefficient (Wildman–Crippen LogP) is 3.46. The molecule has 0 bridgehead atoms. The summed E-state index contributed by atoms with van der Waals surface area (Å²) >= 11 is 7.36. The van der Waals surface area contributed by atoms with Gasteiger partial charge in [-0.2, -0.15) is 5.10 Å². The number of nitrogens with one attached hydrogen (secondary N) is 2. The number of aryl methyl sites for hydroxylation is 1. The number of aromatic nitrogens is 2. The van der Waals surface area contributed by atoms with Crippen LogP contribution in [0.25, 0.3) is 10.4 Å². The lowest BCUT2D eigenvalue weighted by atomic mass is 10.1. The van der Waals surface area contributed by atoms with Crippen molar-refractivity contribution in [1.82, 2.24) is 18.8 Å². The fourth-order valence-corrected chi connectivity index (χ4v) is 6.15. The molecule has 0 saturated carbocycles. The van der Waals surface area contributed by atoms with Crippen LogP contribution in [0.15, 0.2) is 42.7 Å². The topological polar surface area (TPSA) is 79.3 Å². The summed E-state index contributed by atoms with van der Waals surface area (Å²) in [5.41, 5.74) is 1.36. The molecule has 2 aromatic heterocycles. The van der Waals surface area contributed by atoms with E-state index in [1.807, 2.05) is 25.4 Å². The molecule has 0 spiro atoms. The highest BCUT2D eigenvalue weighted by Crippen LogP contribution is 2.36. The van der Waals surface area contributed by atoms with Crippen molar-refractivity contribution in [2.75, 3.05) is 12.4 Å². The smallest absolute Gasteiger partial charge is 0.242 e. The van der Waals surface area contributed by atoms with Crippen molar-refractivity contribution in [2.45, 2.75) is 18.5 Å². The first-order valence-electron chi connectivity index (χ1n) is 9.36. The molecular weight excluding hydrogens is 461 g/mol. The fraction of sp³-hybridized carbons (Fsp3) is 0.250. The van der Waals surface area contributed by atoms with E-state index in [-0.39, 0.29) is 17.0 Å². The molecule has 1 aromatic carbocycles. The van der Waals surface area contributed by atoms with Gasteiger partial charge in [-0.25, -0.2) is 17.6 Å². The predicted molar refractivity (Wildman–Crippen MR) is 124 cm³/mol. The number of rotatable bonds is 4. The van der Waals surface area contributed by atoms with E-state index in [1.54, 1.807) is 29.3 Å². The highest BCUT2D eigenvalue weighted by molar-refractivity contribution is 7.96. The Hall–Kier alpha value is -2.24. The second-order valence-corrected chi connectivity index (χ2v) is 10.9. The Kier molecular flexibility index (Phi) is 5.93. The average Bonchev–Trinajstić information content (AvgIpc) is 3.35. The number of nitrogens with zero attached hydrogens (tertiary/aromatic N) is 3. The van der Waals surface area contributed by atoms with Gasteiger partial charge in [-0.1, -0.05) is 11.6 Å². The highest BCUT2D eigenvalue weighted by Gasteiger charge is 2.38. The first-order chi connectivity index (χ1) is 14.6. The van der Waals surface area contributed by atoms with E-state index in [9.17, 15) is 13.4 Å². The largest absolute Gasteiger partial charge is 0.325 e. The third-order valence-electron chi connectivity index (χ3n) is 5.14. The second kappa shape index (κ2) is 8.36. The molecule has 164 valence electrons. The number of likely N-dealkylation sites (N-methyl/N-ethyl adjacent to an activating group) is 1. The van der Waals surface area contributed by atoms with Gasteiger partial charge in [-0.05, 0) is 42.6 Å². The maximum Gasteiger partial charge on any atom is 0.242 e. The van der Waals surface area contributed by atoms with E-state index in [4.69, 9.17) is 11.6 Å². The van der Waals surface area contributed by atoms with Gasteiger partial charge in [0, 0.05) is 41.3 Å². The number of carbonyl (C=O) groups excluding carboxylic acids is 1. The Morgan fingerprint density at radius 2 is 2.16 bits per heavy atom. The van der Waals surface area contributed by atoms with Crippen LogP contribution in [0, 0.1) is 5.82 Å². The summed E-state index contributed by atoms with van der Waals surface area (Å²) in [4.78, 5) is 15.0. The van der Waals surface area contributed by atoms with Crippen molar-refractivity contribution in [3.8, 4) is 10.4 Å². The summed E-state index contributed by atoms with van der Waals surface area (Å²) in [6.45, 7) is 0. The zero-order valence-corrected chi connectivity index (χ0v) is 19.2. The Balaban J connectivity index is 1.57. The molecule has 4 rings (SSSR count). The molecule has 0 aliphatic carbocycles. The van der Waals surface area contributed by atoms with Crippen LogP contribution in [0.1, 0.15) is 17.3 Å². The van der Waals surface area contributed by atoms with E-state index in [0.29, 0.717) is 12.1 Å². The van der Waals surface area contributed by atoms with Crippen LogP contribution in [0.5, 0.6) is 0 Å². The van der Waals surface area contributed by atoms with Crippen molar-refractivity contribution in [2.24, 2.45) is 7.05 Å². The molecule has 1 amide bonds. The molecule has 1 aliphatic heterocycles. The van der Waals surface area contributed by atoms with Gasteiger partial charge in [0.2, 0.25) is 5.91 Å². The third kappa shape index (κ3) is 4.53. The minimum atomic E-state index is -2.88. The number of hydrogen-bond acceptors (Lipinski definition) is 4. The lowest BCUT2D eigenvalue weighted by Gasteiger charge is -2.39. The van der Waals surface area contributed by atoms with E-state index in [1.165, 1.54) is 22.5 Å². The van der Waals surface area contributed by atoms with Gasteiger partial charge in [0.1, 0.15) is 11.9 Å². The van der Waals surface area contributed by atoms with Crippen LogP contribution in [0.3, 0.4) is 0 Å². The number of anilines is 1. The van der Waals surface area contributed by atoms with Crippen molar-refractivity contribution in [1.29, 1.82) is 0 Å². The van der Waals surface area contributed by atoms with Crippen molar-refractivity contribution < 1.29 is 13.4 Å². The highest BCUT2D eigenvalue weighted by atomic mass is 35.5. The van der Waals surface area contributed by atoms with Crippen LogP contribution >= 0.6 is 22.9 Å². The van der Waals surface area contributed by atoms with Crippen LogP contribution < -0.4 is 10.0 Å². The minimum absolute atomic E-state index is 0.0863. The molecule has 11 heteroatoms. The standard InChI is InChI=1S/C20H21ClFN5O2S2/c1-26-11-12(10-23-26)18-6-7-19(30-18)16-9-17(27(2)31(3,29)25-16)20(28)24-13-4-5-15(22)14(21)8-13/h4-8,10-11,16-17H,3,9H2,1-2H3,(H,24,28)(H,25,29)/t16-,17+,31?/m1/s1. The summed E-state index contributed by atoms with van der Waals surface area (Å²) in [6.07, 6.45) is 4.09. The number of benzene rings is 1. The van der Waals surface area contributed by atoms with Gasteiger partial charge in [-0.3, -0.25) is 9.48 Å². The normalized spacial score (nSPS) is 24.3. The van der Waals surface area contributed by atoms with Gasteiger partial charge in [0.05, 0.1) is 27.2 Å². The molecule has 3 heterocycles. The minimum Gasteiger partial charge on any atom is -0.325 e. The number of hydrogen-bond donors (Lipinski definition) is 2. The van der Waals surface area contributed by atoms with E-state index >= 15 is 0 Å². The van der Waals surface area contributed by atoms with Crippen molar-refractivity contribution in [3.63, 3.8) is 0 Å². The van der Waals surface area contributed by atoms with E-state index in [0.717, 1.165) is 15.3 Å². The summed E-state index contributed by atoms with van der Waals surface area (Å²) in [7, 11) is 0.562. The van der Waals surface area contributed by atoms with E-state index in [2.05, 4.69) is 21.0 Å². The maximum atomic E-state index is 13.4. The van der Waals surface area contributed by atoms with Crippen LogP contribution in [0.4, 0.5) is 10.1 Å². The zero-order chi connectivity index (χ0) is 22.3. The first kappa shape index (κ1) is 22.0. The second-order valence-electron chi connectivity index (χ2n) is 7.33. The lowest BCUT2D eigenvalue weighted by Crippen LogP contribution is -2.55. The zero-order valence-electron chi connectivity index (χ0n) is 16.8. The summed E-state index contributed by atoms with van der Waals surface area (Å²) in [6, 6.07) is 6.88. The average molecular weight is 482 g/mol. The lowest BCUT2D eigenvalue weighted by molar-refractivity contribution is -0.120.